The van der Waals surface area contributed by atoms with Gasteiger partial charge in [0.1, 0.15) is 17.1 Å². The van der Waals surface area contributed by atoms with Crippen molar-refractivity contribution < 1.29 is 9.53 Å². The SMILES string of the molecule is O=C(NCCc1ccc(Cl)cc1Cl)c1cn2ccnc2cc1Oc1cccc(C2CC2)c1. The Morgan fingerprint density at radius 1 is 1.16 bits per heavy atom. The summed E-state index contributed by atoms with van der Waals surface area (Å²) in [5.41, 5.74) is 3.35. The third-order valence-corrected chi connectivity index (χ3v) is 6.15. The second kappa shape index (κ2) is 8.85. The molecule has 0 bridgehead atoms. The molecule has 0 radical (unpaired) electrons. The van der Waals surface area contributed by atoms with Crippen molar-refractivity contribution in [3.8, 4) is 11.5 Å². The van der Waals surface area contributed by atoms with Gasteiger partial charge in [-0.1, -0.05) is 41.4 Å². The summed E-state index contributed by atoms with van der Waals surface area (Å²) in [6.45, 7) is 0.429. The van der Waals surface area contributed by atoms with E-state index in [1.807, 2.05) is 18.2 Å². The number of rotatable bonds is 7. The van der Waals surface area contributed by atoms with E-state index in [1.54, 1.807) is 41.2 Å². The number of hydrogen-bond donors (Lipinski definition) is 1. The van der Waals surface area contributed by atoms with Crippen LogP contribution in [0.15, 0.2) is 67.1 Å². The zero-order valence-electron chi connectivity index (χ0n) is 17.2. The van der Waals surface area contributed by atoms with Gasteiger partial charge < -0.3 is 14.5 Å². The lowest BCUT2D eigenvalue weighted by atomic mass is 10.1. The normalized spacial score (nSPS) is 13.3. The lowest BCUT2D eigenvalue weighted by Crippen LogP contribution is -2.26. The molecule has 1 amide bonds. The standard InChI is InChI=1S/C25H21Cl2N3O2/c26-19-7-6-17(22(27)13-19)8-9-29-25(31)21-15-30-11-10-28-24(30)14-23(21)32-20-3-1-2-18(12-20)16-4-5-16/h1-3,6-7,10-16H,4-5,8-9H2,(H,29,31). The maximum absolute atomic E-state index is 13.1. The molecule has 1 aliphatic rings. The van der Waals surface area contributed by atoms with Crippen molar-refractivity contribution in [2.75, 3.05) is 6.54 Å². The number of pyridine rings is 1. The lowest BCUT2D eigenvalue weighted by Gasteiger charge is -2.13. The Kier molecular flexibility index (Phi) is 5.77. The van der Waals surface area contributed by atoms with Gasteiger partial charge >= 0.3 is 0 Å². The van der Waals surface area contributed by atoms with Gasteiger partial charge in [0.05, 0.1) is 5.56 Å². The minimum atomic E-state index is -0.223. The van der Waals surface area contributed by atoms with Gasteiger partial charge in [0, 0.05) is 41.2 Å². The van der Waals surface area contributed by atoms with E-state index in [9.17, 15) is 4.79 Å². The Morgan fingerprint density at radius 2 is 2.03 bits per heavy atom. The zero-order chi connectivity index (χ0) is 22.1. The van der Waals surface area contributed by atoms with Gasteiger partial charge in [-0.05, 0) is 60.6 Å². The van der Waals surface area contributed by atoms with E-state index >= 15 is 0 Å². The first-order valence-electron chi connectivity index (χ1n) is 10.5. The maximum Gasteiger partial charge on any atom is 0.256 e. The number of fused-ring (bicyclic) bond motifs is 1. The first-order valence-corrected chi connectivity index (χ1v) is 11.3. The van der Waals surface area contributed by atoms with Crippen LogP contribution in [-0.4, -0.2) is 21.8 Å². The Hall–Kier alpha value is -3.02. The number of imidazole rings is 1. The summed E-state index contributed by atoms with van der Waals surface area (Å²) >= 11 is 12.2. The quantitative estimate of drug-likeness (QED) is 0.349. The molecule has 1 aliphatic carbocycles. The predicted octanol–water partition coefficient (Wildman–Crippen LogP) is 6.28. The Morgan fingerprint density at radius 3 is 2.84 bits per heavy atom. The Balaban J connectivity index is 1.36. The number of carbonyl (C=O) groups is 1. The largest absolute Gasteiger partial charge is 0.456 e. The molecule has 0 aliphatic heterocycles. The zero-order valence-corrected chi connectivity index (χ0v) is 18.7. The van der Waals surface area contributed by atoms with Crippen molar-refractivity contribution in [2.45, 2.75) is 25.2 Å². The van der Waals surface area contributed by atoms with E-state index in [1.165, 1.54) is 18.4 Å². The van der Waals surface area contributed by atoms with Crippen LogP contribution in [0.25, 0.3) is 5.65 Å². The lowest BCUT2D eigenvalue weighted by molar-refractivity contribution is 0.0951. The van der Waals surface area contributed by atoms with Crippen LogP contribution in [0.4, 0.5) is 0 Å². The third kappa shape index (κ3) is 4.59. The second-order valence-electron chi connectivity index (χ2n) is 7.93. The molecular weight excluding hydrogens is 445 g/mol. The van der Waals surface area contributed by atoms with E-state index in [0.717, 1.165) is 5.56 Å². The van der Waals surface area contributed by atoms with Gasteiger partial charge in [-0.15, -0.1) is 0 Å². The number of hydrogen-bond acceptors (Lipinski definition) is 3. The van der Waals surface area contributed by atoms with Crippen molar-refractivity contribution in [3.63, 3.8) is 0 Å². The van der Waals surface area contributed by atoms with E-state index < -0.39 is 0 Å². The third-order valence-electron chi connectivity index (χ3n) is 5.57. The van der Waals surface area contributed by atoms with Crippen LogP contribution in [0, 0.1) is 0 Å². The molecule has 1 N–H and O–H groups in total. The molecule has 1 fully saturated rings. The average Bonchev–Trinajstić information content (AvgIpc) is 3.53. The second-order valence-corrected chi connectivity index (χ2v) is 8.78. The average molecular weight is 466 g/mol. The van der Waals surface area contributed by atoms with Gasteiger partial charge in [-0.3, -0.25) is 4.79 Å². The van der Waals surface area contributed by atoms with Gasteiger partial charge in [0.2, 0.25) is 0 Å². The summed E-state index contributed by atoms with van der Waals surface area (Å²) in [5.74, 6) is 1.58. The van der Waals surface area contributed by atoms with Crippen molar-refractivity contribution in [1.29, 1.82) is 0 Å². The van der Waals surface area contributed by atoms with E-state index in [4.69, 9.17) is 27.9 Å². The van der Waals surface area contributed by atoms with Crippen LogP contribution in [0.2, 0.25) is 10.0 Å². The monoisotopic (exact) mass is 465 g/mol. The topological polar surface area (TPSA) is 55.6 Å². The maximum atomic E-state index is 13.1. The van der Waals surface area contributed by atoms with E-state index in [-0.39, 0.29) is 5.91 Å². The highest BCUT2D eigenvalue weighted by Crippen LogP contribution is 2.41. The van der Waals surface area contributed by atoms with Crippen LogP contribution in [-0.2, 0) is 6.42 Å². The molecule has 162 valence electrons. The molecule has 5 rings (SSSR count). The fourth-order valence-corrected chi connectivity index (χ4v) is 4.21. The van der Waals surface area contributed by atoms with E-state index in [2.05, 4.69) is 22.4 Å². The molecule has 2 aromatic heterocycles. The Bertz CT molecular complexity index is 1300. The van der Waals surface area contributed by atoms with Gasteiger partial charge in [0.15, 0.2) is 0 Å². The fraction of sp³-hybridized carbons (Fsp3) is 0.200. The van der Waals surface area contributed by atoms with E-state index in [0.29, 0.717) is 51.6 Å². The highest BCUT2D eigenvalue weighted by atomic mass is 35.5. The molecule has 7 heteroatoms. The minimum Gasteiger partial charge on any atom is -0.456 e. The summed E-state index contributed by atoms with van der Waals surface area (Å²) in [6, 6.07) is 15.2. The van der Waals surface area contributed by atoms with Gasteiger partial charge in [-0.25, -0.2) is 4.98 Å². The predicted molar refractivity (Wildman–Crippen MR) is 126 cm³/mol. The summed E-state index contributed by atoms with van der Waals surface area (Å²) in [5, 5.41) is 4.14. The fourth-order valence-electron chi connectivity index (χ4n) is 3.70. The van der Waals surface area contributed by atoms with Crippen molar-refractivity contribution >= 4 is 34.8 Å². The Labute approximate surface area is 195 Å². The number of aromatic nitrogens is 2. The number of benzene rings is 2. The van der Waals surface area contributed by atoms with Crippen LogP contribution < -0.4 is 10.1 Å². The molecular formula is C25H21Cl2N3O2. The molecule has 2 aromatic carbocycles. The number of nitrogens with one attached hydrogen (secondary N) is 1. The van der Waals surface area contributed by atoms with Crippen LogP contribution in [0.5, 0.6) is 11.5 Å². The molecule has 5 nitrogen and oxygen atoms in total. The molecule has 32 heavy (non-hydrogen) atoms. The van der Waals surface area contributed by atoms with Crippen molar-refractivity contribution in [2.24, 2.45) is 0 Å². The molecule has 0 spiro atoms. The summed E-state index contributed by atoms with van der Waals surface area (Å²) in [4.78, 5) is 17.4. The molecule has 0 unspecified atom stereocenters. The van der Waals surface area contributed by atoms with Crippen LogP contribution in [0.3, 0.4) is 0 Å². The molecule has 2 heterocycles. The first kappa shape index (κ1) is 20.9. The molecule has 1 saturated carbocycles. The van der Waals surface area contributed by atoms with Crippen LogP contribution >= 0.6 is 23.2 Å². The minimum absolute atomic E-state index is 0.223. The van der Waals surface area contributed by atoms with Crippen molar-refractivity contribution in [1.82, 2.24) is 14.7 Å². The summed E-state index contributed by atoms with van der Waals surface area (Å²) < 4.78 is 7.98. The first-order chi connectivity index (χ1) is 15.6. The van der Waals surface area contributed by atoms with Crippen LogP contribution in [0.1, 0.15) is 40.2 Å². The number of carbonyl (C=O) groups excluding carboxylic acids is 1. The molecule has 0 atom stereocenters. The van der Waals surface area contributed by atoms with Gasteiger partial charge in [0.25, 0.3) is 5.91 Å². The smallest absolute Gasteiger partial charge is 0.256 e. The number of amides is 1. The highest BCUT2D eigenvalue weighted by Gasteiger charge is 2.24. The number of halogens is 2. The summed E-state index contributed by atoms with van der Waals surface area (Å²) in [7, 11) is 0. The van der Waals surface area contributed by atoms with Gasteiger partial charge in [-0.2, -0.15) is 0 Å². The molecule has 4 aromatic rings. The number of ether oxygens (including phenoxy) is 1. The highest BCUT2D eigenvalue weighted by molar-refractivity contribution is 6.35. The number of nitrogens with zero attached hydrogens (tertiary/aromatic N) is 2. The molecule has 0 saturated heterocycles. The summed E-state index contributed by atoms with van der Waals surface area (Å²) in [6.07, 6.45) is 8.26. The van der Waals surface area contributed by atoms with Crippen molar-refractivity contribution in [3.05, 3.63) is 93.9 Å².